The molecular formula is C27H28FN3O3. The molecule has 34 heavy (non-hydrogen) atoms. The fraction of sp³-hybridized carbons (Fsp3) is 0.296. The first-order valence-corrected chi connectivity index (χ1v) is 11.5. The molecule has 6 nitrogen and oxygen atoms in total. The molecule has 0 spiro atoms. The topological polar surface area (TPSA) is 88.1 Å². The molecule has 0 amide bonds. The molecule has 0 unspecified atom stereocenters. The van der Waals surface area contributed by atoms with E-state index >= 15 is 0 Å². The zero-order valence-corrected chi connectivity index (χ0v) is 19.1. The number of carbonyl (C=O) groups is 1. The molecule has 7 heteroatoms. The van der Waals surface area contributed by atoms with E-state index in [0.717, 1.165) is 36.9 Å². The molecule has 2 N–H and O–H groups in total. The van der Waals surface area contributed by atoms with Crippen molar-refractivity contribution in [3.63, 3.8) is 0 Å². The summed E-state index contributed by atoms with van der Waals surface area (Å²) < 4.78 is 21.0. The van der Waals surface area contributed by atoms with E-state index in [1.54, 1.807) is 24.4 Å². The normalized spacial score (nSPS) is 18.2. The number of aromatic nitrogens is 3. The highest BCUT2D eigenvalue weighted by molar-refractivity contribution is 5.70. The first-order chi connectivity index (χ1) is 16.5. The van der Waals surface area contributed by atoms with Crippen molar-refractivity contribution in [3.8, 4) is 28.4 Å². The summed E-state index contributed by atoms with van der Waals surface area (Å²) in [6.07, 6.45) is 10.7. The van der Waals surface area contributed by atoms with Crippen LogP contribution >= 0.6 is 0 Å². The van der Waals surface area contributed by atoms with E-state index in [2.05, 4.69) is 21.5 Å². The number of hydrogen-bond acceptors (Lipinski definition) is 4. The Kier molecular flexibility index (Phi) is 7.21. The van der Waals surface area contributed by atoms with Crippen LogP contribution in [0.1, 0.15) is 50.4 Å². The maximum absolute atomic E-state index is 15.0. The van der Waals surface area contributed by atoms with E-state index in [4.69, 9.17) is 9.84 Å². The average Bonchev–Trinajstić information content (AvgIpc) is 3.23. The zero-order chi connectivity index (χ0) is 24.1. The third-order valence-corrected chi connectivity index (χ3v) is 6.13. The van der Waals surface area contributed by atoms with Gasteiger partial charge in [-0.05, 0) is 74.4 Å². The summed E-state index contributed by atoms with van der Waals surface area (Å²) in [6, 6.07) is 8.67. The highest BCUT2D eigenvalue weighted by Crippen LogP contribution is 2.31. The van der Waals surface area contributed by atoms with E-state index in [1.165, 1.54) is 6.07 Å². The summed E-state index contributed by atoms with van der Waals surface area (Å²) in [4.78, 5) is 22.9. The third kappa shape index (κ3) is 5.42. The van der Waals surface area contributed by atoms with Gasteiger partial charge in [0.05, 0.1) is 17.0 Å². The molecule has 1 aromatic carbocycles. The second-order valence-electron chi connectivity index (χ2n) is 8.53. The number of imidazole rings is 1. The van der Waals surface area contributed by atoms with Crippen LogP contribution in [0.2, 0.25) is 0 Å². The number of aromatic amines is 1. The van der Waals surface area contributed by atoms with Crippen molar-refractivity contribution in [2.45, 2.75) is 45.1 Å². The molecule has 0 aliphatic heterocycles. The standard InChI is InChI=1S/C27H28FN3O3/c1-3-5-24-23(4-2)30-27(31-24)21-12-8-18(15-22(21)28)19-9-13-25(29-16-19)34-20-10-6-17(7-11-20)14-26(32)33/h3-5,8-9,12-13,15-17,20H,2,6-7,10-11,14H2,1H3,(H,30,31)(H,32,33)/b5-3-/t17-,20+. The molecule has 0 radical (unpaired) electrons. The van der Waals surface area contributed by atoms with Crippen LogP contribution in [0, 0.1) is 11.7 Å². The van der Waals surface area contributed by atoms with Crippen LogP contribution in [-0.4, -0.2) is 32.1 Å². The molecule has 4 rings (SSSR count). The predicted octanol–water partition coefficient (Wildman–Crippen LogP) is 6.37. The number of halogens is 1. The number of rotatable bonds is 8. The quantitative estimate of drug-likeness (QED) is 0.407. The van der Waals surface area contributed by atoms with Crippen LogP contribution in [0.5, 0.6) is 5.88 Å². The maximum Gasteiger partial charge on any atom is 0.303 e. The third-order valence-electron chi connectivity index (χ3n) is 6.13. The molecule has 1 fully saturated rings. The Hall–Kier alpha value is -3.74. The highest BCUT2D eigenvalue weighted by atomic mass is 19.1. The molecule has 2 aromatic heterocycles. The van der Waals surface area contributed by atoms with E-state index in [-0.39, 0.29) is 24.3 Å². The van der Waals surface area contributed by atoms with Gasteiger partial charge in [-0.25, -0.2) is 14.4 Å². The van der Waals surface area contributed by atoms with Crippen LogP contribution < -0.4 is 4.74 Å². The lowest BCUT2D eigenvalue weighted by atomic mass is 9.85. The van der Waals surface area contributed by atoms with Crippen molar-refractivity contribution in [1.29, 1.82) is 0 Å². The van der Waals surface area contributed by atoms with Gasteiger partial charge in [-0.3, -0.25) is 4.79 Å². The molecule has 0 bridgehead atoms. The summed E-state index contributed by atoms with van der Waals surface area (Å²) in [5.41, 5.74) is 3.33. The summed E-state index contributed by atoms with van der Waals surface area (Å²) in [6.45, 7) is 5.67. The van der Waals surface area contributed by atoms with Crippen molar-refractivity contribution >= 4 is 18.1 Å². The van der Waals surface area contributed by atoms with E-state index in [9.17, 15) is 9.18 Å². The Morgan fingerprint density at radius 2 is 2.00 bits per heavy atom. The van der Waals surface area contributed by atoms with Gasteiger partial charge < -0.3 is 14.8 Å². The Morgan fingerprint density at radius 1 is 1.24 bits per heavy atom. The number of aliphatic carboxylic acids is 1. The van der Waals surface area contributed by atoms with Crippen LogP contribution in [0.25, 0.3) is 34.7 Å². The number of ether oxygens (including phenoxy) is 1. The lowest BCUT2D eigenvalue weighted by molar-refractivity contribution is -0.138. The minimum atomic E-state index is -0.741. The van der Waals surface area contributed by atoms with Crippen molar-refractivity contribution in [3.05, 3.63) is 66.4 Å². The average molecular weight is 462 g/mol. The lowest BCUT2D eigenvalue weighted by Gasteiger charge is -2.27. The smallest absolute Gasteiger partial charge is 0.303 e. The van der Waals surface area contributed by atoms with Crippen LogP contribution in [-0.2, 0) is 4.79 Å². The van der Waals surface area contributed by atoms with Crippen LogP contribution in [0.15, 0.2) is 49.2 Å². The number of allylic oxidation sites excluding steroid dienone is 1. The first-order valence-electron chi connectivity index (χ1n) is 11.5. The van der Waals surface area contributed by atoms with Gasteiger partial charge in [0, 0.05) is 24.2 Å². The van der Waals surface area contributed by atoms with Crippen molar-refractivity contribution in [1.82, 2.24) is 15.0 Å². The van der Waals surface area contributed by atoms with Crippen molar-refractivity contribution < 1.29 is 19.0 Å². The van der Waals surface area contributed by atoms with Crippen molar-refractivity contribution in [2.24, 2.45) is 5.92 Å². The van der Waals surface area contributed by atoms with Gasteiger partial charge in [-0.15, -0.1) is 0 Å². The molecule has 0 saturated heterocycles. The molecule has 1 aliphatic rings. The molecular weight excluding hydrogens is 433 g/mol. The van der Waals surface area contributed by atoms with Gasteiger partial charge in [0.15, 0.2) is 0 Å². The van der Waals surface area contributed by atoms with Gasteiger partial charge in [0.1, 0.15) is 17.7 Å². The first kappa shape index (κ1) is 23.4. The maximum atomic E-state index is 15.0. The fourth-order valence-electron chi connectivity index (χ4n) is 4.36. The molecule has 1 aliphatic carbocycles. The van der Waals surface area contributed by atoms with Gasteiger partial charge in [0.2, 0.25) is 5.88 Å². The number of hydrogen-bond donors (Lipinski definition) is 2. The van der Waals surface area contributed by atoms with Gasteiger partial charge in [0.25, 0.3) is 0 Å². The second kappa shape index (κ2) is 10.5. The van der Waals surface area contributed by atoms with Crippen molar-refractivity contribution in [2.75, 3.05) is 0 Å². The largest absolute Gasteiger partial charge is 0.481 e. The van der Waals surface area contributed by atoms with Crippen LogP contribution in [0.3, 0.4) is 0 Å². The van der Waals surface area contributed by atoms with E-state index < -0.39 is 5.97 Å². The lowest BCUT2D eigenvalue weighted by Crippen LogP contribution is -2.25. The number of carboxylic acids is 1. The fourth-order valence-corrected chi connectivity index (χ4v) is 4.36. The Bertz CT molecular complexity index is 1190. The number of nitrogens with zero attached hydrogens (tertiary/aromatic N) is 2. The SMILES string of the molecule is C=Cc1nc(-c2ccc(-c3ccc(O[C@H]4CC[C@@H](CC(=O)O)CC4)nc3)cc2F)[nH]c1/C=C\C. The Morgan fingerprint density at radius 3 is 2.62 bits per heavy atom. The Balaban J connectivity index is 1.43. The zero-order valence-electron chi connectivity index (χ0n) is 19.1. The Labute approximate surface area is 198 Å². The van der Waals surface area contributed by atoms with E-state index in [1.807, 2.05) is 31.2 Å². The van der Waals surface area contributed by atoms with Gasteiger partial charge in [-0.1, -0.05) is 18.7 Å². The molecule has 0 atom stereocenters. The monoisotopic (exact) mass is 461 g/mol. The van der Waals surface area contributed by atoms with Crippen LogP contribution in [0.4, 0.5) is 4.39 Å². The number of carboxylic acid groups (broad SMARTS) is 1. The number of benzene rings is 1. The summed E-state index contributed by atoms with van der Waals surface area (Å²) >= 11 is 0. The highest BCUT2D eigenvalue weighted by Gasteiger charge is 2.24. The molecule has 1 saturated carbocycles. The molecule has 176 valence electrons. The second-order valence-corrected chi connectivity index (χ2v) is 8.53. The minimum absolute atomic E-state index is 0.0429. The number of H-pyrrole nitrogens is 1. The molecule has 3 aromatic rings. The van der Waals surface area contributed by atoms with Gasteiger partial charge >= 0.3 is 5.97 Å². The predicted molar refractivity (Wildman–Crippen MR) is 131 cm³/mol. The molecule has 2 heterocycles. The van der Waals surface area contributed by atoms with Gasteiger partial charge in [-0.2, -0.15) is 0 Å². The summed E-state index contributed by atoms with van der Waals surface area (Å²) in [5, 5.41) is 8.94. The summed E-state index contributed by atoms with van der Waals surface area (Å²) in [7, 11) is 0. The van der Waals surface area contributed by atoms with E-state index in [0.29, 0.717) is 28.5 Å². The minimum Gasteiger partial charge on any atom is -0.481 e. The summed E-state index contributed by atoms with van der Waals surface area (Å²) in [5.74, 6) is 0.0749. The number of nitrogens with one attached hydrogen (secondary N) is 1. The number of pyridine rings is 1.